The number of amides is 1. The largest absolute Gasteiger partial charge is 0.381 e. The lowest BCUT2D eigenvalue weighted by atomic mass is 10.1. The molecule has 2 unspecified atom stereocenters. The van der Waals surface area contributed by atoms with Gasteiger partial charge in [0.1, 0.15) is 5.82 Å². The molecule has 1 amide bonds. The Morgan fingerprint density at radius 2 is 2.04 bits per heavy atom. The van der Waals surface area contributed by atoms with Gasteiger partial charge in [-0.3, -0.25) is 9.69 Å². The van der Waals surface area contributed by atoms with Crippen LogP contribution in [0.15, 0.2) is 42.5 Å². The number of carbonyl (C=O) groups excluding carboxylic acids is 1. The van der Waals surface area contributed by atoms with Gasteiger partial charge in [0.05, 0.1) is 0 Å². The van der Waals surface area contributed by atoms with Crippen LogP contribution in [0.5, 0.6) is 0 Å². The molecule has 0 aromatic heterocycles. The fourth-order valence-corrected chi connectivity index (χ4v) is 3.43. The molecule has 5 heteroatoms. The van der Waals surface area contributed by atoms with Crippen molar-refractivity contribution in [2.45, 2.75) is 38.9 Å². The van der Waals surface area contributed by atoms with Crippen LogP contribution in [-0.4, -0.2) is 29.4 Å². The monoisotopic (exact) mass is 341 g/mol. The molecule has 1 saturated heterocycles. The van der Waals surface area contributed by atoms with Gasteiger partial charge in [-0.15, -0.1) is 0 Å². The Hall–Kier alpha value is -2.40. The Balaban J connectivity index is 1.71. The lowest BCUT2D eigenvalue weighted by Crippen LogP contribution is -2.28. The van der Waals surface area contributed by atoms with E-state index in [0.717, 1.165) is 19.5 Å². The molecule has 0 bridgehead atoms. The number of hydrogen-bond donors (Lipinski definition) is 2. The van der Waals surface area contributed by atoms with Crippen molar-refractivity contribution in [1.82, 2.24) is 4.90 Å². The number of nitrogens with one attached hydrogen (secondary N) is 1. The summed E-state index contributed by atoms with van der Waals surface area (Å²) in [6, 6.07) is 13.9. The lowest BCUT2D eigenvalue weighted by Gasteiger charge is -2.21. The molecule has 1 heterocycles. The molecule has 3 N–H and O–H groups in total. The molecule has 1 aliphatic heterocycles. The van der Waals surface area contributed by atoms with Crippen LogP contribution in [0.4, 0.5) is 10.1 Å². The Bertz CT molecular complexity index is 763. The molecule has 2 atom stereocenters. The normalized spacial score (nSPS) is 20.6. The summed E-state index contributed by atoms with van der Waals surface area (Å²) >= 11 is 0. The molecule has 3 rings (SSSR count). The molecule has 0 aliphatic carbocycles. The zero-order valence-electron chi connectivity index (χ0n) is 14.6. The maximum absolute atomic E-state index is 14.1. The van der Waals surface area contributed by atoms with Gasteiger partial charge in [0.2, 0.25) is 5.91 Å². The van der Waals surface area contributed by atoms with Gasteiger partial charge in [0.25, 0.3) is 0 Å². The van der Waals surface area contributed by atoms with E-state index < -0.39 is 11.7 Å². The van der Waals surface area contributed by atoms with Crippen LogP contribution in [0.25, 0.3) is 0 Å². The minimum atomic E-state index is -0.618. The molecule has 0 saturated carbocycles. The van der Waals surface area contributed by atoms with Crippen LogP contribution in [0.3, 0.4) is 0 Å². The predicted octanol–water partition coefficient (Wildman–Crippen LogP) is 3.31. The van der Waals surface area contributed by atoms with Crippen molar-refractivity contribution in [2.24, 2.45) is 5.73 Å². The SMILES string of the molecule is Cc1c(F)cc(C(N)=O)cc1NC1CC(C)N(Cc2ccccc2)C1. The molecule has 1 fully saturated rings. The van der Waals surface area contributed by atoms with Crippen molar-refractivity contribution in [3.8, 4) is 0 Å². The highest BCUT2D eigenvalue weighted by Gasteiger charge is 2.29. The summed E-state index contributed by atoms with van der Waals surface area (Å²) in [5.41, 5.74) is 7.93. The van der Waals surface area contributed by atoms with E-state index in [9.17, 15) is 9.18 Å². The first-order chi connectivity index (χ1) is 11.9. The van der Waals surface area contributed by atoms with Gasteiger partial charge >= 0.3 is 0 Å². The number of nitrogens with two attached hydrogens (primary N) is 1. The molecule has 25 heavy (non-hydrogen) atoms. The second kappa shape index (κ2) is 7.23. The van der Waals surface area contributed by atoms with E-state index in [-0.39, 0.29) is 11.6 Å². The summed E-state index contributed by atoms with van der Waals surface area (Å²) in [6.45, 7) is 5.69. The van der Waals surface area contributed by atoms with Crippen LogP contribution in [0, 0.1) is 12.7 Å². The quantitative estimate of drug-likeness (QED) is 0.877. The zero-order valence-corrected chi connectivity index (χ0v) is 14.6. The van der Waals surface area contributed by atoms with Crippen molar-refractivity contribution in [1.29, 1.82) is 0 Å². The third kappa shape index (κ3) is 3.99. The smallest absolute Gasteiger partial charge is 0.248 e. The molecule has 2 aromatic rings. The number of halogens is 1. The highest BCUT2D eigenvalue weighted by molar-refractivity contribution is 5.94. The van der Waals surface area contributed by atoms with Crippen molar-refractivity contribution >= 4 is 11.6 Å². The summed E-state index contributed by atoms with van der Waals surface area (Å²) in [6.07, 6.45) is 0.967. The van der Waals surface area contributed by atoms with Gasteiger partial charge in [0, 0.05) is 42.0 Å². The summed E-state index contributed by atoms with van der Waals surface area (Å²) in [7, 11) is 0. The first-order valence-electron chi connectivity index (χ1n) is 8.58. The number of rotatable bonds is 5. The third-order valence-electron chi connectivity index (χ3n) is 4.92. The Kier molecular flexibility index (Phi) is 5.04. The zero-order chi connectivity index (χ0) is 18.0. The average molecular weight is 341 g/mol. The number of benzene rings is 2. The number of primary amides is 1. The third-order valence-corrected chi connectivity index (χ3v) is 4.92. The minimum Gasteiger partial charge on any atom is -0.381 e. The topological polar surface area (TPSA) is 58.4 Å². The maximum atomic E-state index is 14.1. The molecule has 132 valence electrons. The highest BCUT2D eigenvalue weighted by atomic mass is 19.1. The standard InChI is InChI=1S/C20H24FN3O/c1-13-8-17(12-24(13)11-15-6-4-3-5-7-15)23-19-10-16(20(22)25)9-18(21)14(19)2/h3-7,9-10,13,17,23H,8,11-12H2,1-2H3,(H2,22,25). The van der Waals surface area contributed by atoms with Crippen LogP contribution < -0.4 is 11.1 Å². The van der Waals surface area contributed by atoms with Crippen molar-refractivity contribution < 1.29 is 9.18 Å². The summed E-state index contributed by atoms with van der Waals surface area (Å²) in [4.78, 5) is 13.8. The highest BCUT2D eigenvalue weighted by Crippen LogP contribution is 2.26. The average Bonchev–Trinajstić information content (AvgIpc) is 2.91. The Morgan fingerprint density at radius 1 is 1.32 bits per heavy atom. The summed E-state index contributed by atoms with van der Waals surface area (Å²) in [5.74, 6) is -1.03. The van der Waals surface area contributed by atoms with Crippen LogP contribution in [0.1, 0.15) is 34.8 Å². The van der Waals surface area contributed by atoms with Crippen LogP contribution in [0.2, 0.25) is 0 Å². The van der Waals surface area contributed by atoms with Gasteiger partial charge in [-0.1, -0.05) is 30.3 Å². The molecule has 4 nitrogen and oxygen atoms in total. The number of carbonyl (C=O) groups is 1. The number of nitrogens with zero attached hydrogens (tertiary/aromatic N) is 1. The first kappa shape index (κ1) is 17.4. The van der Waals surface area contributed by atoms with Crippen molar-refractivity contribution in [3.63, 3.8) is 0 Å². The Morgan fingerprint density at radius 3 is 2.72 bits per heavy atom. The summed E-state index contributed by atoms with van der Waals surface area (Å²) in [5, 5.41) is 3.40. The van der Waals surface area contributed by atoms with Gasteiger partial charge in [-0.05, 0) is 38.0 Å². The predicted molar refractivity (Wildman–Crippen MR) is 98.0 cm³/mol. The van der Waals surface area contributed by atoms with Crippen LogP contribution >= 0.6 is 0 Å². The Labute approximate surface area is 147 Å². The van der Waals surface area contributed by atoms with E-state index in [1.54, 1.807) is 13.0 Å². The van der Waals surface area contributed by atoms with Gasteiger partial charge in [0.15, 0.2) is 0 Å². The fraction of sp³-hybridized carbons (Fsp3) is 0.350. The molecule has 2 aromatic carbocycles. The molecular formula is C20H24FN3O. The number of hydrogen-bond acceptors (Lipinski definition) is 3. The van der Waals surface area contributed by atoms with Crippen molar-refractivity contribution in [2.75, 3.05) is 11.9 Å². The first-order valence-corrected chi connectivity index (χ1v) is 8.58. The molecule has 1 aliphatic rings. The number of likely N-dealkylation sites (tertiary alicyclic amines) is 1. The van der Waals surface area contributed by atoms with E-state index in [2.05, 4.69) is 29.3 Å². The van der Waals surface area contributed by atoms with Crippen LogP contribution in [-0.2, 0) is 6.54 Å². The molecule has 0 spiro atoms. The summed E-state index contributed by atoms with van der Waals surface area (Å²) < 4.78 is 14.1. The van der Waals surface area contributed by atoms with Gasteiger partial charge in [-0.25, -0.2) is 4.39 Å². The fourth-order valence-electron chi connectivity index (χ4n) is 3.43. The van der Waals surface area contributed by atoms with E-state index in [1.165, 1.54) is 11.6 Å². The van der Waals surface area contributed by atoms with E-state index >= 15 is 0 Å². The maximum Gasteiger partial charge on any atom is 0.248 e. The van der Waals surface area contributed by atoms with Gasteiger partial charge < -0.3 is 11.1 Å². The van der Waals surface area contributed by atoms with E-state index in [1.807, 2.05) is 18.2 Å². The van der Waals surface area contributed by atoms with E-state index in [0.29, 0.717) is 17.3 Å². The van der Waals surface area contributed by atoms with Crippen molar-refractivity contribution in [3.05, 3.63) is 65.0 Å². The molecular weight excluding hydrogens is 317 g/mol. The lowest BCUT2D eigenvalue weighted by molar-refractivity contribution is 0.1000. The second-order valence-corrected chi connectivity index (χ2v) is 6.84. The van der Waals surface area contributed by atoms with E-state index in [4.69, 9.17) is 5.73 Å². The van der Waals surface area contributed by atoms with Gasteiger partial charge in [-0.2, -0.15) is 0 Å². The molecule has 0 radical (unpaired) electrons. The second-order valence-electron chi connectivity index (χ2n) is 6.84. The number of anilines is 1. The minimum absolute atomic E-state index is 0.192.